The van der Waals surface area contributed by atoms with E-state index < -0.39 is 7.82 Å². The van der Waals surface area contributed by atoms with Gasteiger partial charge in [-0.15, -0.1) is 0 Å². The number of hydrogen-bond acceptors (Lipinski definition) is 3. The van der Waals surface area contributed by atoms with E-state index in [4.69, 9.17) is 14.3 Å². The van der Waals surface area contributed by atoms with E-state index in [1.807, 2.05) is 12.3 Å². The maximum atomic E-state index is 11.1. The van der Waals surface area contributed by atoms with Crippen molar-refractivity contribution in [1.29, 1.82) is 0 Å². The molecule has 1 atom stereocenters. The first-order valence-corrected chi connectivity index (χ1v) is 8.13. The summed E-state index contributed by atoms with van der Waals surface area (Å²) in [6, 6.07) is 5.58. The zero-order chi connectivity index (χ0) is 14.2. The second-order valence-corrected chi connectivity index (χ2v) is 6.24. The van der Waals surface area contributed by atoms with E-state index in [0.717, 1.165) is 35.9 Å². The Kier molecular flexibility index (Phi) is 3.56. The van der Waals surface area contributed by atoms with E-state index in [-0.39, 0.29) is 5.75 Å². The van der Waals surface area contributed by atoms with Crippen LogP contribution in [0.5, 0.6) is 5.75 Å². The van der Waals surface area contributed by atoms with E-state index in [0.29, 0.717) is 6.04 Å². The Hall–Kier alpha value is -1.33. The molecule has 1 saturated heterocycles. The fraction of sp³-hybridized carbons (Fsp3) is 0.385. The van der Waals surface area contributed by atoms with E-state index in [1.165, 1.54) is 6.42 Å². The summed E-state index contributed by atoms with van der Waals surface area (Å²) in [7, 11) is -4.55. The lowest BCUT2D eigenvalue weighted by Gasteiger charge is -2.12. The highest BCUT2D eigenvalue weighted by atomic mass is 31.2. The predicted octanol–water partition coefficient (Wildman–Crippen LogP) is 1.93. The van der Waals surface area contributed by atoms with E-state index >= 15 is 0 Å². The average molecular weight is 296 g/mol. The van der Waals surface area contributed by atoms with Crippen LogP contribution in [-0.2, 0) is 11.0 Å². The van der Waals surface area contributed by atoms with Crippen molar-refractivity contribution in [3.8, 4) is 5.75 Å². The summed E-state index contributed by atoms with van der Waals surface area (Å²) in [5, 5.41) is 4.17. The molecule has 7 heteroatoms. The van der Waals surface area contributed by atoms with Gasteiger partial charge in [-0.25, -0.2) is 4.57 Å². The second-order valence-electron chi connectivity index (χ2n) is 5.07. The van der Waals surface area contributed by atoms with Crippen LogP contribution in [0.25, 0.3) is 10.9 Å². The van der Waals surface area contributed by atoms with E-state index in [1.54, 1.807) is 12.1 Å². The summed E-state index contributed by atoms with van der Waals surface area (Å²) < 4.78 is 15.9. The Morgan fingerprint density at radius 3 is 2.95 bits per heavy atom. The van der Waals surface area contributed by atoms with Crippen molar-refractivity contribution in [2.75, 3.05) is 6.54 Å². The van der Waals surface area contributed by atoms with Crippen LogP contribution in [-0.4, -0.2) is 27.4 Å². The largest absolute Gasteiger partial charge is 0.524 e. The van der Waals surface area contributed by atoms with Crippen molar-refractivity contribution < 1.29 is 18.9 Å². The van der Waals surface area contributed by atoms with Crippen LogP contribution in [0, 0.1) is 0 Å². The van der Waals surface area contributed by atoms with Gasteiger partial charge >= 0.3 is 7.82 Å². The minimum absolute atomic E-state index is 0.227. The van der Waals surface area contributed by atoms with Gasteiger partial charge in [-0.3, -0.25) is 9.79 Å². The molecule has 1 aromatic carbocycles. The van der Waals surface area contributed by atoms with Crippen LogP contribution in [0.4, 0.5) is 0 Å². The number of benzene rings is 1. The molecule has 0 radical (unpaired) electrons. The molecular formula is C13H17N2O4P. The third-order valence-electron chi connectivity index (χ3n) is 3.60. The highest BCUT2D eigenvalue weighted by Gasteiger charge is 2.21. The fourth-order valence-electron chi connectivity index (χ4n) is 2.78. The Balaban J connectivity index is 1.97. The average Bonchev–Trinajstić information content (AvgIpc) is 2.98. The van der Waals surface area contributed by atoms with Gasteiger partial charge in [-0.05, 0) is 43.5 Å². The Labute approximate surface area is 116 Å². The first kappa shape index (κ1) is 13.6. The fourth-order valence-corrected chi connectivity index (χ4v) is 3.19. The molecule has 0 saturated carbocycles. The van der Waals surface area contributed by atoms with E-state index in [2.05, 4.69) is 10.3 Å². The molecule has 3 rings (SSSR count). The lowest BCUT2D eigenvalue weighted by atomic mass is 10.0. The molecule has 1 aliphatic rings. The second kappa shape index (κ2) is 5.22. The Morgan fingerprint density at radius 1 is 1.40 bits per heavy atom. The van der Waals surface area contributed by atoms with Gasteiger partial charge < -0.3 is 14.8 Å². The number of phosphoric acid groups is 1. The molecule has 2 heterocycles. The number of aromatic nitrogens is 1. The molecule has 6 nitrogen and oxygen atoms in total. The SMILES string of the molecule is O=P(O)(O)Oc1cccc2[nH]cc(C[C@@H]3CCCN3)c12. The molecule has 2 aromatic rings. The molecular weight excluding hydrogens is 279 g/mol. The van der Waals surface area contributed by atoms with Crippen molar-refractivity contribution in [2.24, 2.45) is 0 Å². The van der Waals surface area contributed by atoms with Crippen LogP contribution in [0.3, 0.4) is 0 Å². The van der Waals surface area contributed by atoms with Crippen molar-refractivity contribution >= 4 is 18.7 Å². The maximum absolute atomic E-state index is 11.1. The van der Waals surface area contributed by atoms with Crippen LogP contribution in [0.1, 0.15) is 18.4 Å². The van der Waals surface area contributed by atoms with Gasteiger partial charge in [-0.1, -0.05) is 6.07 Å². The normalized spacial score (nSPS) is 19.6. The van der Waals surface area contributed by atoms with Gasteiger partial charge in [-0.2, -0.15) is 0 Å². The Morgan fingerprint density at radius 2 is 2.25 bits per heavy atom. The number of hydrogen-bond donors (Lipinski definition) is 4. The predicted molar refractivity (Wildman–Crippen MR) is 75.7 cm³/mol. The quantitative estimate of drug-likeness (QED) is 0.647. The molecule has 0 amide bonds. The van der Waals surface area contributed by atoms with Gasteiger partial charge in [0.2, 0.25) is 0 Å². The third kappa shape index (κ3) is 2.88. The van der Waals surface area contributed by atoms with Crippen molar-refractivity contribution in [1.82, 2.24) is 10.3 Å². The monoisotopic (exact) mass is 296 g/mol. The zero-order valence-corrected chi connectivity index (χ0v) is 11.8. The highest BCUT2D eigenvalue weighted by Crippen LogP contribution is 2.41. The molecule has 1 aromatic heterocycles. The topological polar surface area (TPSA) is 94.6 Å². The summed E-state index contributed by atoms with van der Waals surface area (Å²) in [6.45, 7) is 1.03. The van der Waals surface area contributed by atoms with Crippen LogP contribution in [0.15, 0.2) is 24.4 Å². The Bertz CT molecular complexity index is 657. The van der Waals surface area contributed by atoms with Gasteiger partial charge in [0, 0.05) is 23.1 Å². The van der Waals surface area contributed by atoms with Crippen LogP contribution in [0.2, 0.25) is 0 Å². The van der Waals surface area contributed by atoms with Gasteiger partial charge in [0.1, 0.15) is 5.75 Å². The van der Waals surface area contributed by atoms with Crippen LogP contribution >= 0.6 is 7.82 Å². The number of rotatable bonds is 4. The lowest BCUT2D eigenvalue weighted by molar-refractivity contribution is 0.284. The summed E-state index contributed by atoms with van der Waals surface area (Å²) in [4.78, 5) is 21.1. The first-order valence-electron chi connectivity index (χ1n) is 6.60. The number of fused-ring (bicyclic) bond motifs is 1. The number of nitrogens with one attached hydrogen (secondary N) is 2. The minimum atomic E-state index is -4.55. The van der Waals surface area contributed by atoms with Gasteiger partial charge in [0.25, 0.3) is 0 Å². The molecule has 0 bridgehead atoms. The summed E-state index contributed by atoms with van der Waals surface area (Å²) in [5.74, 6) is 0.227. The first-order chi connectivity index (χ1) is 9.53. The lowest BCUT2D eigenvalue weighted by Crippen LogP contribution is -2.23. The number of aromatic amines is 1. The molecule has 108 valence electrons. The minimum Gasteiger partial charge on any atom is -0.404 e. The molecule has 4 N–H and O–H groups in total. The third-order valence-corrected chi connectivity index (χ3v) is 4.03. The summed E-state index contributed by atoms with van der Waals surface area (Å²) in [5.41, 5.74) is 1.84. The van der Waals surface area contributed by atoms with Crippen LogP contribution < -0.4 is 9.84 Å². The summed E-state index contributed by atoms with van der Waals surface area (Å²) in [6.07, 6.45) is 4.99. The highest BCUT2D eigenvalue weighted by molar-refractivity contribution is 7.46. The number of H-pyrrole nitrogens is 1. The summed E-state index contributed by atoms with van der Waals surface area (Å²) >= 11 is 0. The number of phosphoric ester groups is 1. The molecule has 1 aliphatic heterocycles. The molecule has 1 fully saturated rings. The van der Waals surface area contributed by atoms with E-state index in [9.17, 15) is 4.57 Å². The van der Waals surface area contributed by atoms with Crippen molar-refractivity contribution in [3.63, 3.8) is 0 Å². The van der Waals surface area contributed by atoms with Gasteiger partial charge in [0.15, 0.2) is 0 Å². The standard InChI is InChI=1S/C13H17N2O4P/c16-20(17,18)19-12-5-1-4-11-13(12)9(8-15-11)7-10-3-2-6-14-10/h1,4-5,8,10,14-15H,2-3,6-7H2,(H2,16,17,18)/t10-/m0/s1. The maximum Gasteiger partial charge on any atom is 0.524 e. The molecule has 0 aliphatic carbocycles. The van der Waals surface area contributed by atoms with Crippen molar-refractivity contribution in [3.05, 3.63) is 30.0 Å². The molecule has 20 heavy (non-hydrogen) atoms. The molecule has 0 unspecified atom stereocenters. The molecule has 0 spiro atoms. The van der Waals surface area contributed by atoms with Crippen molar-refractivity contribution in [2.45, 2.75) is 25.3 Å². The van der Waals surface area contributed by atoms with Gasteiger partial charge in [0.05, 0.1) is 0 Å². The zero-order valence-electron chi connectivity index (χ0n) is 10.9. The smallest absolute Gasteiger partial charge is 0.404 e.